The van der Waals surface area contributed by atoms with Gasteiger partial charge in [-0.05, 0) is 46.1 Å². The first-order chi connectivity index (χ1) is 16.3. The third-order valence-corrected chi connectivity index (χ3v) is 8.24. The van der Waals surface area contributed by atoms with Gasteiger partial charge in [0.15, 0.2) is 0 Å². The van der Waals surface area contributed by atoms with E-state index in [9.17, 15) is 17.6 Å². The van der Waals surface area contributed by atoms with Crippen LogP contribution in [0.4, 0.5) is 13.6 Å². The lowest BCUT2D eigenvalue weighted by atomic mass is 9.75. The second-order valence-electron chi connectivity index (χ2n) is 9.63. The van der Waals surface area contributed by atoms with Gasteiger partial charge in [0.25, 0.3) is 0 Å². The number of alkyl halides is 1. The number of carbonyl (C=O) groups excluding carboxylic acids is 1. The number of hydrogen-bond donors (Lipinski definition) is 0. The summed E-state index contributed by atoms with van der Waals surface area (Å²) in [6.07, 6.45) is -2.66. The van der Waals surface area contributed by atoms with Crippen molar-refractivity contribution in [3.05, 3.63) is 35.6 Å². The molecular weight excluding hydrogens is 484 g/mol. The molecule has 2 aliphatic rings. The van der Waals surface area contributed by atoms with E-state index < -0.39 is 44.5 Å². The first-order valence-corrected chi connectivity index (χ1v) is 12.9. The van der Waals surface area contributed by atoms with Crippen molar-refractivity contribution in [1.82, 2.24) is 9.21 Å². The molecular formula is C23H33F2N3O6S. The van der Waals surface area contributed by atoms with Crippen molar-refractivity contribution in [3.8, 4) is 0 Å². The molecule has 35 heavy (non-hydrogen) atoms. The molecule has 1 fully saturated rings. The van der Waals surface area contributed by atoms with Crippen LogP contribution in [0.25, 0.3) is 0 Å². The number of benzene rings is 1. The maximum absolute atomic E-state index is 15.1. The Balaban J connectivity index is 2.18. The molecule has 1 aromatic carbocycles. The molecule has 1 aliphatic heterocycles. The van der Waals surface area contributed by atoms with E-state index in [-0.39, 0.29) is 50.7 Å². The van der Waals surface area contributed by atoms with Gasteiger partial charge in [-0.2, -0.15) is 0 Å². The molecule has 0 radical (unpaired) electrons. The summed E-state index contributed by atoms with van der Waals surface area (Å²) in [6.45, 7) is 4.96. The van der Waals surface area contributed by atoms with Crippen LogP contribution in [0, 0.1) is 5.82 Å². The zero-order valence-corrected chi connectivity index (χ0v) is 21.5. The lowest BCUT2D eigenvalue weighted by Gasteiger charge is -2.48. The summed E-state index contributed by atoms with van der Waals surface area (Å²) in [4.78, 5) is 18.8. The van der Waals surface area contributed by atoms with E-state index in [1.807, 2.05) is 0 Å². The minimum absolute atomic E-state index is 0.00236. The second kappa shape index (κ2) is 10.4. The molecule has 1 aliphatic carbocycles. The molecule has 3 atom stereocenters. The van der Waals surface area contributed by atoms with Crippen LogP contribution in [0.1, 0.15) is 45.6 Å². The Morgan fingerprint density at radius 1 is 1.29 bits per heavy atom. The van der Waals surface area contributed by atoms with Gasteiger partial charge in [0.1, 0.15) is 35.1 Å². The van der Waals surface area contributed by atoms with E-state index in [0.29, 0.717) is 0 Å². The van der Waals surface area contributed by atoms with E-state index >= 15 is 4.39 Å². The molecule has 3 unspecified atom stereocenters. The van der Waals surface area contributed by atoms with Gasteiger partial charge >= 0.3 is 6.09 Å². The number of halogens is 2. The third-order valence-electron chi connectivity index (χ3n) is 6.01. The zero-order chi connectivity index (χ0) is 26.0. The molecule has 0 N–H and O–H groups in total. The Kier molecular flexibility index (Phi) is 8.07. The minimum atomic E-state index is -4.26. The fourth-order valence-electron chi connectivity index (χ4n) is 4.35. The molecule has 1 amide bonds. The number of aliphatic imine (C=N–C) groups is 1. The van der Waals surface area contributed by atoms with Gasteiger partial charge in [-0.3, -0.25) is 0 Å². The van der Waals surface area contributed by atoms with Crippen LogP contribution in [0.2, 0.25) is 0 Å². The van der Waals surface area contributed by atoms with Gasteiger partial charge in [-0.15, -0.1) is 0 Å². The van der Waals surface area contributed by atoms with Crippen LogP contribution < -0.4 is 0 Å². The topological polar surface area (TPSA) is 97.7 Å². The number of rotatable bonds is 6. The van der Waals surface area contributed by atoms with Crippen molar-refractivity contribution in [1.29, 1.82) is 0 Å². The fourth-order valence-corrected chi connectivity index (χ4v) is 6.34. The van der Waals surface area contributed by atoms with Gasteiger partial charge in [-0.25, -0.2) is 36.2 Å². The van der Waals surface area contributed by atoms with Crippen LogP contribution in [-0.4, -0.2) is 80.8 Å². The molecule has 0 saturated heterocycles. The Hall–Kier alpha value is -2.31. The maximum atomic E-state index is 15.1. The summed E-state index contributed by atoms with van der Waals surface area (Å²) in [5, 5.41) is -1.35. The van der Waals surface area contributed by atoms with E-state index in [0.717, 1.165) is 9.21 Å². The summed E-state index contributed by atoms with van der Waals surface area (Å²) in [7, 11) is -1.54. The highest BCUT2D eigenvalue weighted by atomic mass is 32.2. The number of amides is 1. The number of ether oxygens (including phenoxy) is 3. The largest absolute Gasteiger partial charge is 0.443 e. The summed E-state index contributed by atoms with van der Waals surface area (Å²) in [6, 6.07) is 5.72. The minimum Gasteiger partial charge on any atom is -0.443 e. The van der Waals surface area contributed by atoms with Gasteiger partial charge in [0.2, 0.25) is 16.0 Å². The summed E-state index contributed by atoms with van der Waals surface area (Å²) < 4.78 is 73.7. The van der Waals surface area contributed by atoms with Crippen molar-refractivity contribution in [2.75, 3.05) is 34.1 Å². The highest BCUT2D eigenvalue weighted by Gasteiger charge is 2.58. The third kappa shape index (κ3) is 5.59. The number of sulfonamides is 1. The smallest absolute Gasteiger partial charge is 0.419 e. The number of nitrogens with zero attached hydrogens (tertiary/aromatic N) is 3. The van der Waals surface area contributed by atoms with E-state index in [1.54, 1.807) is 26.8 Å². The molecule has 12 heteroatoms. The number of fused-ring (bicyclic) bond motifs is 1. The summed E-state index contributed by atoms with van der Waals surface area (Å²) >= 11 is 0. The quantitative estimate of drug-likeness (QED) is 0.424. The monoisotopic (exact) mass is 517 g/mol. The highest BCUT2D eigenvalue weighted by molar-refractivity contribution is 7.90. The van der Waals surface area contributed by atoms with Crippen LogP contribution >= 0.6 is 0 Å². The molecule has 0 spiro atoms. The average Bonchev–Trinajstić information content (AvgIpc) is 2.77. The van der Waals surface area contributed by atoms with Crippen LogP contribution in [0.15, 0.2) is 29.3 Å². The summed E-state index contributed by atoms with van der Waals surface area (Å²) in [5.41, 5.74) is -2.48. The van der Waals surface area contributed by atoms with E-state index in [1.165, 1.54) is 32.4 Å². The predicted molar refractivity (Wildman–Crippen MR) is 125 cm³/mol. The van der Waals surface area contributed by atoms with Gasteiger partial charge in [-0.1, -0.05) is 18.2 Å². The van der Waals surface area contributed by atoms with Gasteiger partial charge in [0.05, 0.1) is 13.2 Å². The molecule has 1 aromatic rings. The number of guanidine groups is 1. The number of methoxy groups -OCH3 is 1. The van der Waals surface area contributed by atoms with Crippen molar-refractivity contribution in [2.45, 2.75) is 62.6 Å². The van der Waals surface area contributed by atoms with Gasteiger partial charge < -0.3 is 14.2 Å². The van der Waals surface area contributed by atoms with E-state index in [2.05, 4.69) is 0 Å². The molecule has 196 valence electrons. The molecule has 0 aromatic heterocycles. The molecule has 0 bridgehead atoms. The highest BCUT2D eigenvalue weighted by Crippen LogP contribution is 2.49. The standard InChI is InChI=1S/C23H33F2N3O6S/c1-22(2,3)34-21(29)28(15-33-13-12-32-5)20-26-23(17-8-6-7-9-18(17)25)11-10-16(24)14-19(23)35(30,31)27(20)4/h6-9,16,19H,10-15H2,1-5H3. The second-order valence-corrected chi connectivity index (χ2v) is 11.8. The van der Waals surface area contributed by atoms with Crippen LogP contribution in [0.3, 0.4) is 0 Å². The zero-order valence-electron chi connectivity index (χ0n) is 20.7. The molecule has 1 heterocycles. The number of hydrogen-bond acceptors (Lipinski definition) is 7. The average molecular weight is 518 g/mol. The summed E-state index contributed by atoms with van der Waals surface area (Å²) in [5.74, 6) is -0.939. The van der Waals surface area contributed by atoms with Crippen molar-refractivity contribution >= 4 is 22.1 Å². The molecule has 3 rings (SSSR count). The van der Waals surface area contributed by atoms with Crippen molar-refractivity contribution in [2.24, 2.45) is 4.99 Å². The lowest BCUT2D eigenvalue weighted by Crippen LogP contribution is -2.62. The Labute approximate surface area is 205 Å². The maximum Gasteiger partial charge on any atom is 0.419 e. The van der Waals surface area contributed by atoms with Crippen molar-refractivity contribution in [3.63, 3.8) is 0 Å². The molecule has 1 saturated carbocycles. The Morgan fingerprint density at radius 3 is 2.60 bits per heavy atom. The Bertz CT molecular complexity index is 1060. The van der Waals surface area contributed by atoms with Crippen LogP contribution in [-0.2, 0) is 29.8 Å². The lowest BCUT2D eigenvalue weighted by molar-refractivity contribution is -0.00450. The Morgan fingerprint density at radius 2 is 1.97 bits per heavy atom. The van der Waals surface area contributed by atoms with Crippen molar-refractivity contribution < 1.29 is 36.2 Å². The first-order valence-electron chi connectivity index (χ1n) is 11.4. The van der Waals surface area contributed by atoms with Gasteiger partial charge in [0, 0.05) is 19.7 Å². The SMILES string of the molecule is COCCOCN(C(=O)OC(C)(C)C)C1=NC2(c3ccccc3F)CCC(F)CC2S(=O)(=O)N1C. The molecule has 9 nitrogen and oxygen atoms in total. The first kappa shape index (κ1) is 27.3. The van der Waals surface area contributed by atoms with Crippen LogP contribution in [0.5, 0.6) is 0 Å². The number of carbonyl (C=O) groups is 1. The van der Waals surface area contributed by atoms with E-state index in [4.69, 9.17) is 19.2 Å². The predicted octanol–water partition coefficient (Wildman–Crippen LogP) is 3.40. The fraction of sp³-hybridized carbons (Fsp3) is 0.652. The normalized spacial score (nSPS) is 26.0.